The van der Waals surface area contributed by atoms with E-state index < -0.39 is 0 Å². The Morgan fingerprint density at radius 1 is 1.42 bits per heavy atom. The van der Waals surface area contributed by atoms with Crippen LogP contribution in [0.25, 0.3) is 0 Å². The summed E-state index contributed by atoms with van der Waals surface area (Å²) >= 11 is 0. The number of amides is 3. The zero-order valence-electron chi connectivity index (χ0n) is 12.2. The second-order valence-electron chi connectivity index (χ2n) is 6.13. The molecule has 5 heteroatoms. The molecule has 0 unspecified atom stereocenters. The van der Waals surface area contributed by atoms with Crippen molar-refractivity contribution < 1.29 is 14.9 Å². The van der Waals surface area contributed by atoms with Gasteiger partial charge in [0.15, 0.2) is 6.04 Å². The van der Waals surface area contributed by atoms with Crippen LogP contribution in [0.2, 0.25) is 0 Å². The average molecular weight is 268 g/mol. The first-order valence-corrected chi connectivity index (χ1v) is 7.45. The van der Waals surface area contributed by atoms with Crippen LogP contribution in [0.15, 0.2) is 0 Å². The van der Waals surface area contributed by atoms with E-state index in [-0.39, 0.29) is 18.0 Å². The van der Waals surface area contributed by atoms with E-state index >= 15 is 0 Å². The first kappa shape index (κ1) is 14.3. The Kier molecular flexibility index (Phi) is 4.45. The minimum absolute atomic E-state index is 0.0552. The molecule has 0 aromatic carbocycles. The maximum absolute atomic E-state index is 12.3. The summed E-state index contributed by atoms with van der Waals surface area (Å²) in [7, 11) is 0. The molecule has 1 saturated heterocycles. The SMILES string of the molecule is C[C@@H]1[C@H](C)CCC[C@H]1[NH2+][C@@H](C)C(=O)N1CCNC1=O. The molecule has 5 nitrogen and oxygen atoms in total. The van der Waals surface area contributed by atoms with E-state index in [1.165, 1.54) is 24.2 Å². The van der Waals surface area contributed by atoms with Gasteiger partial charge in [-0.2, -0.15) is 0 Å². The van der Waals surface area contributed by atoms with Crippen molar-refractivity contribution in [2.75, 3.05) is 13.1 Å². The summed E-state index contributed by atoms with van der Waals surface area (Å²) in [4.78, 5) is 25.1. The summed E-state index contributed by atoms with van der Waals surface area (Å²) in [5, 5.41) is 4.85. The predicted molar refractivity (Wildman–Crippen MR) is 72.5 cm³/mol. The number of nitrogens with zero attached hydrogens (tertiary/aromatic N) is 1. The van der Waals surface area contributed by atoms with Crippen LogP contribution in [0.4, 0.5) is 4.79 Å². The Labute approximate surface area is 115 Å². The summed E-state index contributed by atoms with van der Waals surface area (Å²) in [5.74, 6) is 1.31. The van der Waals surface area contributed by atoms with Gasteiger partial charge in [-0.1, -0.05) is 13.8 Å². The van der Waals surface area contributed by atoms with E-state index in [9.17, 15) is 9.59 Å². The van der Waals surface area contributed by atoms with Gasteiger partial charge >= 0.3 is 6.03 Å². The Bertz CT molecular complexity index is 359. The molecule has 0 spiro atoms. The van der Waals surface area contributed by atoms with Gasteiger partial charge in [-0.25, -0.2) is 4.79 Å². The molecule has 2 rings (SSSR count). The zero-order chi connectivity index (χ0) is 14.0. The molecule has 3 N–H and O–H groups in total. The summed E-state index contributed by atoms with van der Waals surface area (Å²) in [6.45, 7) is 7.58. The number of nitrogens with one attached hydrogen (secondary N) is 1. The topological polar surface area (TPSA) is 66.0 Å². The molecule has 0 radical (unpaired) electrons. The highest BCUT2D eigenvalue weighted by molar-refractivity contribution is 5.97. The lowest BCUT2D eigenvalue weighted by Crippen LogP contribution is -2.98. The molecule has 2 aliphatic rings. The van der Waals surface area contributed by atoms with Gasteiger partial charge in [0.05, 0.1) is 6.04 Å². The molecule has 19 heavy (non-hydrogen) atoms. The maximum atomic E-state index is 12.3. The lowest BCUT2D eigenvalue weighted by atomic mass is 9.78. The third-order valence-electron chi connectivity index (χ3n) is 4.82. The van der Waals surface area contributed by atoms with Gasteiger partial charge in [-0.05, 0) is 32.1 Å². The quantitative estimate of drug-likeness (QED) is 0.774. The molecule has 1 aliphatic heterocycles. The number of carbonyl (C=O) groups excluding carboxylic acids is 2. The highest BCUT2D eigenvalue weighted by Gasteiger charge is 2.36. The number of nitrogens with two attached hydrogens (primary N) is 1. The molecule has 108 valence electrons. The normalized spacial score (nSPS) is 33.1. The molecular weight excluding hydrogens is 242 g/mol. The third-order valence-corrected chi connectivity index (χ3v) is 4.82. The van der Waals surface area contributed by atoms with Crippen LogP contribution in [0.3, 0.4) is 0 Å². The number of hydrogen-bond acceptors (Lipinski definition) is 2. The van der Waals surface area contributed by atoms with Crippen molar-refractivity contribution in [1.82, 2.24) is 10.2 Å². The highest BCUT2D eigenvalue weighted by atomic mass is 16.2. The minimum Gasteiger partial charge on any atom is -0.336 e. The third kappa shape index (κ3) is 3.08. The van der Waals surface area contributed by atoms with E-state index in [4.69, 9.17) is 0 Å². The molecule has 0 aromatic rings. The van der Waals surface area contributed by atoms with E-state index in [0.29, 0.717) is 25.0 Å². The maximum Gasteiger partial charge on any atom is 0.324 e. The summed E-state index contributed by atoms with van der Waals surface area (Å²) in [6.07, 6.45) is 3.72. The van der Waals surface area contributed by atoms with Gasteiger partial charge in [0, 0.05) is 19.0 Å². The van der Waals surface area contributed by atoms with Crippen LogP contribution in [0.1, 0.15) is 40.0 Å². The van der Waals surface area contributed by atoms with Gasteiger partial charge < -0.3 is 10.6 Å². The van der Waals surface area contributed by atoms with E-state index in [1.54, 1.807) is 0 Å². The van der Waals surface area contributed by atoms with Crippen LogP contribution in [0.5, 0.6) is 0 Å². The molecule has 2 fully saturated rings. The van der Waals surface area contributed by atoms with Crippen LogP contribution < -0.4 is 10.6 Å². The number of quaternary nitrogens is 1. The fraction of sp³-hybridized carbons (Fsp3) is 0.857. The van der Waals surface area contributed by atoms with Crippen LogP contribution in [0, 0.1) is 11.8 Å². The van der Waals surface area contributed by atoms with Crippen molar-refractivity contribution in [2.45, 2.75) is 52.1 Å². The van der Waals surface area contributed by atoms with Gasteiger partial charge in [0.2, 0.25) is 0 Å². The molecule has 1 heterocycles. The summed E-state index contributed by atoms with van der Waals surface area (Å²) in [6, 6.07) is 0.102. The first-order chi connectivity index (χ1) is 9.00. The summed E-state index contributed by atoms with van der Waals surface area (Å²) in [5.41, 5.74) is 0. The van der Waals surface area contributed by atoms with Crippen LogP contribution >= 0.6 is 0 Å². The van der Waals surface area contributed by atoms with E-state index in [2.05, 4.69) is 24.5 Å². The number of rotatable bonds is 3. The molecular formula is C14H26N3O2+. The largest absolute Gasteiger partial charge is 0.336 e. The molecule has 0 aromatic heterocycles. The van der Waals surface area contributed by atoms with Crippen LogP contribution in [-0.2, 0) is 4.79 Å². The number of urea groups is 1. The average Bonchev–Trinajstić information content (AvgIpc) is 2.80. The van der Waals surface area contributed by atoms with Gasteiger partial charge in [0.1, 0.15) is 0 Å². The molecule has 0 bridgehead atoms. The lowest BCUT2D eigenvalue weighted by Gasteiger charge is -2.33. The first-order valence-electron chi connectivity index (χ1n) is 7.45. The van der Waals surface area contributed by atoms with Crippen LogP contribution in [-0.4, -0.2) is 42.0 Å². The van der Waals surface area contributed by atoms with Crippen molar-refractivity contribution in [3.05, 3.63) is 0 Å². The molecule has 1 aliphatic carbocycles. The molecule has 3 amide bonds. The standard InChI is InChI=1S/C14H25N3O2/c1-9-5-4-6-12(10(9)2)16-11(3)13(18)17-8-7-15-14(17)19/h9-12,16H,4-8H2,1-3H3,(H,15,19)/p+1/t9-,10-,11+,12-/m1/s1. The van der Waals surface area contributed by atoms with Gasteiger partial charge in [-0.3, -0.25) is 9.69 Å². The highest BCUT2D eigenvalue weighted by Crippen LogP contribution is 2.27. The summed E-state index contributed by atoms with van der Waals surface area (Å²) < 4.78 is 0. The fourth-order valence-corrected chi connectivity index (χ4v) is 3.28. The lowest BCUT2D eigenvalue weighted by molar-refractivity contribution is -0.716. The van der Waals surface area contributed by atoms with Crippen molar-refractivity contribution in [2.24, 2.45) is 11.8 Å². The van der Waals surface area contributed by atoms with E-state index in [0.717, 1.165) is 5.92 Å². The Balaban J connectivity index is 1.91. The number of hydrogen-bond donors (Lipinski definition) is 2. The van der Waals surface area contributed by atoms with Crippen molar-refractivity contribution >= 4 is 11.9 Å². The van der Waals surface area contributed by atoms with Crippen molar-refractivity contribution in [3.63, 3.8) is 0 Å². The Morgan fingerprint density at radius 3 is 2.79 bits per heavy atom. The smallest absolute Gasteiger partial charge is 0.324 e. The van der Waals surface area contributed by atoms with Gasteiger partial charge in [0.25, 0.3) is 5.91 Å². The Morgan fingerprint density at radius 2 is 2.16 bits per heavy atom. The molecule has 4 atom stereocenters. The second kappa shape index (κ2) is 5.90. The minimum atomic E-state index is -0.240. The molecule has 1 saturated carbocycles. The predicted octanol–water partition coefficient (Wildman–Crippen LogP) is 0.315. The van der Waals surface area contributed by atoms with Gasteiger partial charge in [-0.15, -0.1) is 0 Å². The van der Waals surface area contributed by atoms with Crippen molar-refractivity contribution in [3.8, 4) is 0 Å². The fourth-order valence-electron chi connectivity index (χ4n) is 3.28. The zero-order valence-corrected chi connectivity index (χ0v) is 12.2. The Hall–Kier alpha value is -1.10. The number of carbonyl (C=O) groups is 2. The number of imide groups is 1. The van der Waals surface area contributed by atoms with E-state index in [1.807, 2.05) is 6.92 Å². The monoisotopic (exact) mass is 268 g/mol. The second-order valence-corrected chi connectivity index (χ2v) is 6.13. The van der Waals surface area contributed by atoms with Crippen molar-refractivity contribution in [1.29, 1.82) is 0 Å².